The molecule has 0 aliphatic heterocycles. The zero-order chi connectivity index (χ0) is 14.9. The van der Waals surface area contributed by atoms with Crippen LogP contribution in [0.2, 0.25) is 0 Å². The molecule has 0 bridgehead atoms. The Labute approximate surface area is 159 Å². The molecule has 0 heterocycles. The van der Waals surface area contributed by atoms with E-state index in [9.17, 15) is 0 Å². The summed E-state index contributed by atoms with van der Waals surface area (Å²) in [5, 5.41) is 0. The number of hydrogen-bond acceptors (Lipinski definition) is 0. The van der Waals surface area contributed by atoms with E-state index in [1.54, 1.807) is 0 Å². The monoisotopic (exact) mass is 361 g/mol. The van der Waals surface area contributed by atoms with Gasteiger partial charge in [0.1, 0.15) is 0 Å². The largest absolute Gasteiger partial charge is 0.226 e. The Bertz CT molecular complexity index is 608. The third-order valence-electron chi connectivity index (χ3n) is 3.20. The van der Waals surface area contributed by atoms with E-state index < -0.39 is 0 Å². The van der Waals surface area contributed by atoms with E-state index in [0.29, 0.717) is 0 Å². The second kappa shape index (κ2) is 10.5. The zero-order valence-corrected chi connectivity index (χ0v) is 16.1. The Morgan fingerprint density at radius 3 is 1.73 bits per heavy atom. The molecule has 0 saturated heterocycles. The van der Waals surface area contributed by atoms with E-state index in [4.69, 9.17) is 0 Å². The quantitative estimate of drug-likeness (QED) is 0.528. The molecule has 1 heteroatoms. The van der Waals surface area contributed by atoms with Gasteiger partial charge in [-0.25, -0.2) is 11.1 Å². The summed E-state index contributed by atoms with van der Waals surface area (Å²) in [6.45, 7) is 4.30. The van der Waals surface area contributed by atoms with Crippen molar-refractivity contribution in [2.24, 2.45) is 0 Å². The molecular weight excluding hydrogens is 341 g/mol. The molecule has 0 aromatic heterocycles. The molecule has 0 fully saturated rings. The van der Waals surface area contributed by atoms with Gasteiger partial charge in [0, 0.05) is 32.7 Å². The topological polar surface area (TPSA) is 0 Å². The summed E-state index contributed by atoms with van der Waals surface area (Å²) in [6.07, 6.45) is 1.14. The van der Waals surface area contributed by atoms with Crippen LogP contribution in [0.25, 0.3) is 11.1 Å². The summed E-state index contributed by atoms with van der Waals surface area (Å²) in [4.78, 5) is 0. The first kappa shape index (κ1) is 18.8. The zero-order valence-electron chi connectivity index (χ0n) is 13.2. The van der Waals surface area contributed by atoms with Gasteiger partial charge in [0.2, 0.25) is 0 Å². The summed E-state index contributed by atoms with van der Waals surface area (Å²) in [7, 11) is 0. The van der Waals surface area contributed by atoms with Crippen molar-refractivity contribution < 1.29 is 32.7 Å². The summed E-state index contributed by atoms with van der Waals surface area (Å²) < 4.78 is 0. The maximum absolute atomic E-state index is 3.15. The van der Waals surface area contributed by atoms with Crippen molar-refractivity contribution in [1.29, 1.82) is 0 Å². The van der Waals surface area contributed by atoms with Gasteiger partial charge >= 0.3 is 0 Å². The Balaban J connectivity index is 0.000000219. The van der Waals surface area contributed by atoms with Crippen LogP contribution in [0.3, 0.4) is 0 Å². The normalized spacial score (nSPS) is 9.18. The molecule has 3 rings (SSSR count). The maximum Gasteiger partial charge on any atom is 0 e. The van der Waals surface area contributed by atoms with Gasteiger partial charge < -0.3 is 0 Å². The predicted molar refractivity (Wildman–Crippen MR) is 90.1 cm³/mol. The molecule has 0 saturated carbocycles. The van der Waals surface area contributed by atoms with Crippen molar-refractivity contribution in [2.75, 3.05) is 0 Å². The summed E-state index contributed by atoms with van der Waals surface area (Å²) in [5.74, 6) is 0. The molecule has 0 N–H and O–H groups in total. The second-order valence-corrected chi connectivity index (χ2v) is 4.90. The average Bonchev–Trinajstić information content (AvgIpc) is 2.57. The fourth-order valence-corrected chi connectivity index (χ4v) is 2.05. The van der Waals surface area contributed by atoms with Crippen molar-refractivity contribution in [3.63, 3.8) is 0 Å². The third-order valence-corrected chi connectivity index (χ3v) is 3.20. The molecule has 109 valence electrons. The van der Waals surface area contributed by atoms with Crippen LogP contribution < -0.4 is 0 Å². The summed E-state index contributed by atoms with van der Waals surface area (Å²) in [5.41, 5.74) is 4.97. The number of hydrogen-bond donors (Lipinski definition) is 0. The molecule has 0 amide bonds. The van der Waals surface area contributed by atoms with Gasteiger partial charge in [-0.3, -0.25) is 0 Å². The second-order valence-electron chi connectivity index (χ2n) is 4.90. The predicted octanol–water partition coefficient (Wildman–Crippen LogP) is 5.51. The summed E-state index contributed by atoms with van der Waals surface area (Å²) in [6, 6.07) is 30.8. The van der Waals surface area contributed by atoms with Crippen molar-refractivity contribution >= 4 is 0 Å². The minimum absolute atomic E-state index is 0. The Kier molecular flexibility index (Phi) is 8.96. The minimum Gasteiger partial charge on any atom is -0.226 e. The van der Waals surface area contributed by atoms with Gasteiger partial charge in [-0.2, -0.15) is 48.5 Å². The molecule has 0 aliphatic rings. The van der Waals surface area contributed by atoms with Gasteiger partial charge in [0.05, 0.1) is 0 Å². The Morgan fingerprint density at radius 1 is 0.773 bits per heavy atom. The molecule has 3 aromatic carbocycles. The van der Waals surface area contributed by atoms with Crippen LogP contribution in [0.15, 0.2) is 72.8 Å². The molecule has 3 aromatic rings. The molecule has 1 radical (unpaired) electrons. The van der Waals surface area contributed by atoms with Crippen LogP contribution in [-0.2, 0) is 39.1 Å². The maximum atomic E-state index is 3.15. The molecule has 22 heavy (non-hydrogen) atoms. The van der Waals surface area contributed by atoms with Crippen LogP contribution >= 0.6 is 0 Å². The van der Waals surface area contributed by atoms with Crippen molar-refractivity contribution in [3.05, 3.63) is 96.1 Å². The SMILES string of the molecule is CCc1cccc(C)c1.[Y].[c-]1ccccc1-c1[c-]cccc1. The van der Waals surface area contributed by atoms with E-state index in [2.05, 4.69) is 50.2 Å². The van der Waals surface area contributed by atoms with Crippen LogP contribution in [0, 0.1) is 19.1 Å². The van der Waals surface area contributed by atoms with E-state index in [1.165, 1.54) is 11.1 Å². The van der Waals surface area contributed by atoms with E-state index in [1.807, 2.05) is 48.5 Å². The van der Waals surface area contributed by atoms with Gasteiger partial charge in [0.25, 0.3) is 0 Å². The van der Waals surface area contributed by atoms with Crippen molar-refractivity contribution in [1.82, 2.24) is 0 Å². The molecule has 0 spiro atoms. The third kappa shape index (κ3) is 6.26. The number of aryl methyl sites for hydroxylation is 2. The van der Waals surface area contributed by atoms with Crippen LogP contribution in [0.4, 0.5) is 0 Å². The fourth-order valence-electron chi connectivity index (χ4n) is 2.05. The van der Waals surface area contributed by atoms with E-state index >= 15 is 0 Å². The van der Waals surface area contributed by atoms with Gasteiger partial charge in [-0.1, -0.05) is 36.8 Å². The number of benzene rings is 3. The average molecular weight is 361 g/mol. The minimum atomic E-state index is 0. The van der Waals surface area contributed by atoms with Gasteiger partial charge in [0.15, 0.2) is 0 Å². The first-order valence-electron chi connectivity index (χ1n) is 7.29. The van der Waals surface area contributed by atoms with E-state index in [0.717, 1.165) is 17.5 Å². The Hall–Kier alpha value is -1.24. The molecule has 0 atom stereocenters. The standard InChI is InChI=1S/C12H8.C9H12.Y/c1-3-7-11(8-4-1)12-9-5-2-6-10-12;1-3-9-6-4-5-8(2)7-9;/h1-7,9H;4-7H,3H2,1-2H3;/q-2;;. The summed E-state index contributed by atoms with van der Waals surface area (Å²) >= 11 is 0. The first-order chi connectivity index (χ1) is 10.3. The molecule has 0 aliphatic carbocycles. The molecular formula is C21H20Y-2. The van der Waals surface area contributed by atoms with Crippen molar-refractivity contribution in [3.8, 4) is 11.1 Å². The first-order valence-corrected chi connectivity index (χ1v) is 7.29. The Morgan fingerprint density at radius 2 is 1.36 bits per heavy atom. The molecule has 0 unspecified atom stereocenters. The van der Waals surface area contributed by atoms with Gasteiger partial charge in [-0.05, 0) is 18.9 Å². The van der Waals surface area contributed by atoms with Crippen molar-refractivity contribution in [2.45, 2.75) is 20.3 Å². The fraction of sp³-hybridized carbons (Fsp3) is 0.143. The smallest absolute Gasteiger partial charge is 0 e. The number of rotatable bonds is 2. The molecule has 0 nitrogen and oxygen atoms in total. The van der Waals surface area contributed by atoms with Crippen LogP contribution in [0.5, 0.6) is 0 Å². The van der Waals surface area contributed by atoms with Gasteiger partial charge in [-0.15, -0.1) is 12.1 Å². The van der Waals surface area contributed by atoms with Crippen LogP contribution in [0.1, 0.15) is 18.1 Å². The van der Waals surface area contributed by atoms with Crippen LogP contribution in [-0.4, -0.2) is 0 Å². The van der Waals surface area contributed by atoms with E-state index in [-0.39, 0.29) is 32.7 Å².